The molecule has 0 aliphatic carbocycles. The average molecular weight is 403 g/mol. The van der Waals surface area contributed by atoms with Crippen LogP contribution in [-0.2, 0) is 16.1 Å². The van der Waals surface area contributed by atoms with Crippen LogP contribution < -0.4 is 5.32 Å². The summed E-state index contributed by atoms with van der Waals surface area (Å²) >= 11 is 0. The van der Waals surface area contributed by atoms with E-state index in [1.165, 1.54) is 5.56 Å². The zero-order chi connectivity index (χ0) is 20.5. The van der Waals surface area contributed by atoms with Crippen molar-refractivity contribution < 1.29 is 9.47 Å². The Kier molecular flexibility index (Phi) is 8.33. The van der Waals surface area contributed by atoms with E-state index in [1.54, 1.807) is 0 Å². The fourth-order valence-corrected chi connectivity index (χ4v) is 4.22. The van der Waals surface area contributed by atoms with Crippen LogP contribution in [0.2, 0.25) is 0 Å². The van der Waals surface area contributed by atoms with Crippen LogP contribution in [-0.4, -0.2) is 81.4 Å². The Balaban J connectivity index is 1.53. The zero-order valence-electron chi connectivity index (χ0n) is 18.4. The summed E-state index contributed by atoms with van der Waals surface area (Å²) in [6.07, 6.45) is 3.24. The molecule has 1 atom stereocenters. The van der Waals surface area contributed by atoms with Gasteiger partial charge in [-0.05, 0) is 45.8 Å². The van der Waals surface area contributed by atoms with Crippen molar-refractivity contribution >= 4 is 5.96 Å². The lowest BCUT2D eigenvalue weighted by Gasteiger charge is -2.42. The largest absolute Gasteiger partial charge is 0.381 e. The van der Waals surface area contributed by atoms with Gasteiger partial charge < -0.3 is 24.6 Å². The van der Waals surface area contributed by atoms with Gasteiger partial charge >= 0.3 is 0 Å². The standard InChI is InChI=1S/C23H38N4O2/c1-4-24-22(25-19-23(26(2)3)11-14-28-15-12-23)27-13-10-21(16-27)18-29-17-20-8-6-5-7-9-20/h5-9,21H,4,10-19H2,1-3H3,(H,24,25). The SMILES string of the molecule is CCNC(=NCC1(N(C)C)CCOCC1)N1CCC(COCc2ccccc2)C1. The van der Waals surface area contributed by atoms with Gasteiger partial charge in [-0.1, -0.05) is 30.3 Å². The maximum Gasteiger partial charge on any atom is 0.193 e. The summed E-state index contributed by atoms with van der Waals surface area (Å²) in [5.41, 5.74) is 1.35. The molecule has 6 heteroatoms. The lowest BCUT2D eigenvalue weighted by atomic mass is 9.89. The summed E-state index contributed by atoms with van der Waals surface area (Å²) < 4.78 is 11.6. The number of hydrogen-bond donors (Lipinski definition) is 1. The van der Waals surface area contributed by atoms with E-state index in [4.69, 9.17) is 14.5 Å². The molecular formula is C23H38N4O2. The van der Waals surface area contributed by atoms with E-state index >= 15 is 0 Å². The first-order chi connectivity index (χ1) is 14.1. The van der Waals surface area contributed by atoms with Gasteiger partial charge in [0.1, 0.15) is 0 Å². The number of nitrogens with zero attached hydrogens (tertiary/aromatic N) is 3. The van der Waals surface area contributed by atoms with E-state index in [0.717, 1.165) is 71.2 Å². The number of likely N-dealkylation sites (N-methyl/N-ethyl adjacent to an activating group) is 1. The molecule has 0 amide bonds. The normalized spacial score (nSPS) is 22.3. The second-order valence-electron chi connectivity index (χ2n) is 8.50. The molecule has 2 fully saturated rings. The molecule has 0 aromatic heterocycles. The van der Waals surface area contributed by atoms with Crippen molar-refractivity contribution in [3.05, 3.63) is 35.9 Å². The summed E-state index contributed by atoms with van der Waals surface area (Å²) in [5.74, 6) is 1.61. The summed E-state index contributed by atoms with van der Waals surface area (Å²) in [5, 5.41) is 3.51. The molecule has 2 heterocycles. The van der Waals surface area contributed by atoms with Gasteiger partial charge in [0.25, 0.3) is 0 Å². The van der Waals surface area contributed by atoms with E-state index < -0.39 is 0 Å². The molecule has 29 heavy (non-hydrogen) atoms. The third-order valence-corrected chi connectivity index (χ3v) is 6.28. The van der Waals surface area contributed by atoms with E-state index in [9.17, 15) is 0 Å². The van der Waals surface area contributed by atoms with Gasteiger partial charge in [-0.2, -0.15) is 0 Å². The van der Waals surface area contributed by atoms with Crippen molar-refractivity contribution in [1.82, 2.24) is 15.1 Å². The topological polar surface area (TPSA) is 49.3 Å². The Morgan fingerprint density at radius 2 is 2.03 bits per heavy atom. The quantitative estimate of drug-likeness (QED) is 0.535. The summed E-state index contributed by atoms with van der Waals surface area (Å²) in [6, 6.07) is 10.4. The highest BCUT2D eigenvalue weighted by Gasteiger charge is 2.35. The minimum Gasteiger partial charge on any atom is -0.381 e. The van der Waals surface area contributed by atoms with Gasteiger partial charge in [0.05, 0.1) is 19.8 Å². The molecule has 1 unspecified atom stereocenters. The van der Waals surface area contributed by atoms with Crippen LogP contribution in [0.15, 0.2) is 35.3 Å². The van der Waals surface area contributed by atoms with Crippen LogP contribution >= 0.6 is 0 Å². The van der Waals surface area contributed by atoms with Gasteiger partial charge in [-0.25, -0.2) is 0 Å². The van der Waals surface area contributed by atoms with Crippen LogP contribution in [0.3, 0.4) is 0 Å². The highest BCUT2D eigenvalue weighted by atomic mass is 16.5. The molecule has 2 aliphatic rings. The molecule has 1 N–H and O–H groups in total. The number of benzene rings is 1. The predicted octanol–water partition coefficient (Wildman–Crippen LogP) is 2.60. The number of hydrogen-bond acceptors (Lipinski definition) is 4. The number of likely N-dealkylation sites (tertiary alicyclic amines) is 1. The number of aliphatic imine (C=N–C) groups is 1. The van der Waals surface area contributed by atoms with E-state index in [1.807, 2.05) is 6.07 Å². The van der Waals surface area contributed by atoms with Crippen LogP contribution in [0.1, 0.15) is 31.7 Å². The summed E-state index contributed by atoms with van der Waals surface area (Å²) in [4.78, 5) is 9.81. The Labute approximate surface area is 176 Å². The van der Waals surface area contributed by atoms with Crippen molar-refractivity contribution in [2.45, 2.75) is 38.3 Å². The average Bonchev–Trinajstić information content (AvgIpc) is 3.21. The number of nitrogens with one attached hydrogen (secondary N) is 1. The van der Waals surface area contributed by atoms with Crippen molar-refractivity contribution in [3.8, 4) is 0 Å². The molecule has 3 rings (SSSR count). The molecule has 0 saturated carbocycles. The highest BCUT2D eigenvalue weighted by Crippen LogP contribution is 2.26. The van der Waals surface area contributed by atoms with Crippen molar-refractivity contribution in [2.24, 2.45) is 10.9 Å². The molecule has 1 aromatic carbocycles. The smallest absolute Gasteiger partial charge is 0.193 e. The van der Waals surface area contributed by atoms with Crippen molar-refractivity contribution in [1.29, 1.82) is 0 Å². The van der Waals surface area contributed by atoms with Crippen LogP contribution in [0, 0.1) is 5.92 Å². The first kappa shape index (κ1) is 22.1. The minimum atomic E-state index is 0.108. The van der Waals surface area contributed by atoms with E-state index in [0.29, 0.717) is 12.5 Å². The highest BCUT2D eigenvalue weighted by molar-refractivity contribution is 5.80. The van der Waals surface area contributed by atoms with Crippen LogP contribution in [0.4, 0.5) is 0 Å². The fraction of sp³-hybridized carbons (Fsp3) is 0.696. The summed E-state index contributed by atoms with van der Waals surface area (Å²) in [6.45, 7) is 9.07. The van der Waals surface area contributed by atoms with E-state index in [2.05, 4.69) is 60.4 Å². The van der Waals surface area contributed by atoms with Gasteiger partial charge in [-0.15, -0.1) is 0 Å². The number of ether oxygens (including phenoxy) is 2. The van der Waals surface area contributed by atoms with E-state index in [-0.39, 0.29) is 5.54 Å². The first-order valence-electron chi connectivity index (χ1n) is 11.0. The molecule has 6 nitrogen and oxygen atoms in total. The van der Waals surface area contributed by atoms with Gasteiger partial charge in [0, 0.05) is 44.3 Å². The second-order valence-corrected chi connectivity index (χ2v) is 8.50. The molecular weight excluding hydrogens is 364 g/mol. The van der Waals surface area contributed by atoms with Crippen LogP contribution in [0.5, 0.6) is 0 Å². The maximum atomic E-state index is 5.99. The van der Waals surface area contributed by atoms with Gasteiger partial charge in [0.2, 0.25) is 0 Å². The Bertz CT molecular complexity index is 629. The summed E-state index contributed by atoms with van der Waals surface area (Å²) in [7, 11) is 4.34. The molecule has 1 aromatic rings. The first-order valence-corrected chi connectivity index (χ1v) is 11.0. The zero-order valence-corrected chi connectivity index (χ0v) is 18.4. The maximum absolute atomic E-state index is 5.99. The molecule has 0 spiro atoms. The molecule has 2 saturated heterocycles. The third kappa shape index (κ3) is 6.17. The Morgan fingerprint density at radius 3 is 2.72 bits per heavy atom. The predicted molar refractivity (Wildman–Crippen MR) is 118 cm³/mol. The molecule has 162 valence electrons. The van der Waals surface area contributed by atoms with Gasteiger partial charge in [0.15, 0.2) is 5.96 Å². The van der Waals surface area contributed by atoms with Gasteiger partial charge in [-0.3, -0.25) is 4.99 Å². The monoisotopic (exact) mass is 402 g/mol. The fourth-order valence-electron chi connectivity index (χ4n) is 4.22. The Morgan fingerprint density at radius 1 is 1.28 bits per heavy atom. The lowest BCUT2D eigenvalue weighted by molar-refractivity contribution is -0.00263. The third-order valence-electron chi connectivity index (χ3n) is 6.28. The molecule has 0 bridgehead atoms. The minimum absolute atomic E-state index is 0.108. The van der Waals surface area contributed by atoms with Crippen molar-refractivity contribution in [2.75, 3.05) is 60.1 Å². The molecule has 0 radical (unpaired) electrons. The molecule has 2 aliphatic heterocycles. The van der Waals surface area contributed by atoms with Crippen LogP contribution in [0.25, 0.3) is 0 Å². The Hall–Kier alpha value is -1.63. The number of guanidine groups is 1. The number of rotatable bonds is 8. The van der Waals surface area contributed by atoms with Crippen molar-refractivity contribution in [3.63, 3.8) is 0 Å². The second kappa shape index (κ2) is 11.0. The lowest BCUT2D eigenvalue weighted by Crippen LogP contribution is -2.52.